The van der Waals surface area contributed by atoms with Crippen molar-refractivity contribution in [2.24, 2.45) is 5.73 Å². The summed E-state index contributed by atoms with van der Waals surface area (Å²) in [6, 6.07) is 2.13. The fourth-order valence-corrected chi connectivity index (χ4v) is 3.76. The van der Waals surface area contributed by atoms with Gasteiger partial charge in [-0.1, -0.05) is 0 Å². The number of amides is 1. The van der Waals surface area contributed by atoms with E-state index < -0.39 is 5.91 Å². The molecule has 0 bridgehead atoms. The molecule has 3 N–H and O–H groups in total. The Balaban J connectivity index is 1.60. The predicted octanol–water partition coefficient (Wildman–Crippen LogP) is 1.46. The van der Waals surface area contributed by atoms with Crippen molar-refractivity contribution in [1.29, 1.82) is 0 Å². The van der Waals surface area contributed by atoms with Crippen LogP contribution in [0.25, 0.3) is 22.6 Å². The topological polar surface area (TPSA) is 134 Å². The van der Waals surface area contributed by atoms with Gasteiger partial charge in [0.1, 0.15) is 5.69 Å². The van der Waals surface area contributed by atoms with Crippen molar-refractivity contribution in [3.63, 3.8) is 0 Å². The maximum Gasteiger partial charge on any atom is 0.269 e. The summed E-state index contributed by atoms with van der Waals surface area (Å²) in [6.07, 6.45) is 7.52. The number of nitrogens with one attached hydrogen (secondary N) is 1. The number of carbonyl (C=O) groups excluding carboxylic acids is 1. The molecule has 1 fully saturated rings. The number of aromatic nitrogens is 6. The maximum absolute atomic E-state index is 12.1. The van der Waals surface area contributed by atoms with Gasteiger partial charge in [0.15, 0.2) is 11.5 Å². The molecule has 1 aliphatic carbocycles. The Morgan fingerprint density at radius 3 is 2.79 bits per heavy atom. The summed E-state index contributed by atoms with van der Waals surface area (Å²) < 4.78 is 13.0. The minimum Gasteiger partial charge on any atom is -0.382 e. The van der Waals surface area contributed by atoms with E-state index >= 15 is 0 Å². The summed E-state index contributed by atoms with van der Waals surface area (Å²) in [4.78, 5) is 21.0. The molecule has 1 aliphatic rings. The van der Waals surface area contributed by atoms with Crippen molar-refractivity contribution >= 4 is 16.9 Å². The van der Waals surface area contributed by atoms with Crippen LogP contribution in [0.15, 0.2) is 18.5 Å². The Labute approximate surface area is 161 Å². The molecule has 4 rings (SSSR count). The van der Waals surface area contributed by atoms with E-state index in [0.717, 1.165) is 25.7 Å². The number of hydrogen-bond donors (Lipinski definition) is 2. The van der Waals surface area contributed by atoms with Gasteiger partial charge < -0.3 is 19.8 Å². The van der Waals surface area contributed by atoms with Crippen LogP contribution in [0.1, 0.15) is 42.2 Å². The highest BCUT2D eigenvalue weighted by atomic mass is 16.5. The van der Waals surface area contributed by atoms with Crippen LogP contribution in [0.2, 0.25) is 0 Å². The van der Waals surface area contributed by atoms with E-state index in [1.807, 2.05) is 12.3 Å². The minimum atomic E-state index is -0.589. The quantitative estimate of drug-likeness (QED) is 0.588. The number of hydrogen-bond acceptors (Lipinski definition) is 7. The summed E-state index contributed by atoms with van der Waals surface area (Å²) in [5.74, 6) is -0.267. The molecule has 0 aliphatic heterocycles. The molecule has 0 unspecified atom stereocenters. The van der Waals surface area contributed by atoms with E-state index in [1.165, 1.54) is 6.20 Å². The average molecular weight is 385 g/mol. The van der Waals surface area contributed by atoms with Crippen molar-refractivity contribution in [1.82, 2.24) is 29.9 Å². The lowest BCUT2D eigenvalue weighted by Gasteiger charge is -2.30. The summed E-state index contributed by atoms with van der Waals surface area (Å²) in [6.45, 7) is 1.22. The number of nitrogens with two attached hydrogens (primary N) is 1. The van der Waals surface area contributed by atoms with Gasteiger partial charge in [-0.15, -0.1) is 0 Å². The largest absolute Gasteiger partial charge is 0.382 e. The SMILES string of the molecule is COCCOC1CCC(n2ccc3nc(-c4cn[nH]n4)nc(C(N)=O)c32)CC1. The first kappa shape index (κ1) is 18.5. The van der Waals surface area contributed by atoms with Crippen LogP contribution in [0.5, 0.6) is 0 Å². The van der Waals surface area contributed by atoms with Gasteiger partial charge >= 0.3 is 0 Å². The molecule has 10 nitrogen and oxygen atoms in total. The van der Waals surface area contributed by atoms with Crippen molar-refractivity contribution in [2.75, 3.05) is 20.3 Å². The molecule has 0 atom stereocenters. The lowest BCUT2D eigenvalue weighted by molar-refractivity contribution is -0.00620. The molecule has 0 aromatic carbocycles. The van der Waals surface area contributed by atoms with Crippen LogP contribution < -0.4 is 5.73 Å². The third kappa shape index (κ3) is 3.60. The lowest BCUT2D eigenvalue weighted by Crippen LogP contribution is -2.25. The second-order valence-electron chi connectivity index (χ2n) is 6.87. The van der Waals surface area contributed by atoms with E-state index in [-0.39, 0.29) is 17.8 Å². The molecule has 0 spiro atoms. The van der Waals surface area contributed by atoms with Gasteiger partial charge in [-0.3, -0.25) is 4.79 Å². The number of H-pyrrole nitrogens is 1. The van der Waals surface area contributed by atoms with E-state index in [4.69, 9.17) is 15.2 Å². The molecule has 3 aromatic heterocycles. The van der Waals surface area contributed by atoms with Crippen molar-refractivity contribution in [3.8, 4) is 11.5 Å². The first-order chi connectivity index (χ1) is 13.7. The van der Waals surface area contributed by atoms with Crippen molar-refractivity contribution in [2.45, 2.75) is 37.8 Å². The van der Waals surface area contributed by atoms with Gasteiger partial charge in [-0.05, 0) is 31.7 Å². The molecule has 148 valence electrons. The Morgan fingerprint density at radius 2 is 2.11 bits per heavy atom. The maximum atomic E-state index is 12.1. The number of aromatic amines is 1. The molecular weight excluding hydrogens is 362 g/mol. The molecule has 1 saturated carbocycles. The Hall–Kier alpha value is -2.85. The number of fused-ring (bicyclic) bond motifs is 1. The van der Waals surface area contributed by atoms with Gasteiger partial charge in [0.25, 0.3) is 5.91 Å². The second kappa shape index (κ2) is 8.03. The first-order valence-corrected chi connectivity index (χ1v) is 9.32. The molecule has 28 heavy (non-hydrogen) atoms. The van der Waals surface area contributed by atoms with E-state index in [0.29, 0.717) is 35.8 Å². The van der Waals surface area contributed by atoms with Crippen molar-refractivity contribution in [3.05, 3.63) is 24.2 Å². The van der Waals surface area contributed by atoms with E-state index in [1.54, 1.807) is 7.11 Å². The summed E-state index contributed by atoms with van der Waals surface area (Å²) in [5.41, 5.74) is 7.63. The molecule has 0 saturated heterocycles. The third-order valence-electron chi connectivity index (χ3n) is 5.12. The van der Waals surface area contributed by atoms with Crippen LogP contribution >= 0.6 is 0 Å². The first-order valence-electron chi connectivity index (χ1n) is 9.32. The highest BCUT2D eigenvalue weighted by Gasteiger charge is 2.26. The van der Waals surface area contributed by atoms with Gasteiger partial charge in [0, 0.05) is 19.3 Å². The predicted molar refractivity (Wildman–Crippen MR) is 101 cm³/mol. The molecular formula is C18H23N7O3. The van der Waals surface area contributed by atoms with Crippen LogP contribution in [-0.4, -0.2) is 62.3 Å². The highest BCUT2D eigenvalue weighted by Crippen LogP contribution is 2.33. The third-order valence-corrected chi connectivity index (χ3v) is 5.12. The lowest BCUT2D eigenvalue weighted by atomic mass is 9.92. The van der Waals surface area contributed by atoms with Gasteiger partial charge in [-0.25, -0.2) is 9.97 Å². The number of nitrogens with zero attached hydrogens (tertiary/aromatic N) is 5. The Kier molecular flexibility index (Phi) is 5.31. The Morgan fingerprint density at radius 1 is 1.29 bits per heavy atom. The van der Waals surface area contributed by atoms with Crippen LogP contribution in [0.3, 0.4) is 0 Å². The van der Waals surface area contributed by atoms with E-state index in [9.17, 15) is 4.79 Å². The van der Waals surface area contributed by atoms with Crippen LogP contribution in [0.4, 0.5) is 0 Å². The molecule has 0 radical (unpaired) electrons. The van der Waals surface area contributed by atoms with Crippen molar-refractivity contribution < 1.29 is 14.3 Å². The molecule has 3 heterocycles. The fraction of sp³-hybridized carbons (Fsp3) is 0.500. The molecule has 3 aromatic rings. The number of carbonyl (C=O) groups is 1. The zero-order valence-electron chi connectivity index (χ0n) is 15.7. The smallest absolute Gasteiger partial charge is 0.269 e. The van der Waals surface area contributed by atoms with Crippen LogP contribution in [0, 0.1) is 0 Å². The van der Waals surface area contributed by atoms with Gasteiger partial charge in [0.2, 0.25) is 0 Å². The van der Waals surface area contributed by atoms with E-state index in [2.05, 4.69) is 29.9 Å². The van der Waals surface area contributed by atoms with Crippen LogP contribution in [-0.2, 0) is 9.47 Å². The summed E-state index contributed by atoms with van der Waals surface area (Å²) in [7, 11) is 1.67. The van der Waals surface area contributed by atoms with Gasteiger partial charge in [-0.2, -0.15) is 15.4 Å². The Bertz CT molecular complexity index is 946. The summed E-state index contributed by atoms with van der Waals surface area (Å²) in [5, 5.41) is 10.3. The number of methoxy groups -OCH3 is 1. The number of primary amides is 1. The van der Waals surface area contributed by atoms with Gasteiger partial charge in [0.05, 0.1) is 36.5 Å². The normalized spacial score (nSPS) is 19.9. The standard InChI is InChI=1S/C18H23N7O3/c1-27-8-9-28-12-4-2-11(3-5-12)25-7-6-13-16(25)15(17(19)26)22-18(21-13)14-10-20-24-23-14/h6-7,10-12H,2-5,8-9H2,1H3,(H2,19,26)(H,20,23,24). The minimum absolute atomic E-state index is 0.200. The highest BCUT2D eigenvalue weighted by molar-refractivity contribution is 6.03. The summed E-state index contributed by atoms with van der Waals surface area (Å²) >= 11 is 0. The zero-order valence-corrected chi connectivity index (χ0v) is 15.7. The second-order valence-corrected chi connectivity index (χ2v) is 6.87. The average Bonchev–Trinajstić information content (AvgIpc) is 3.38. The number of ether oxygens (including phenoxy) is 2. The monoisotopic (exact) mass is 385 g/mol. The fourth-order valence-electron chi connectivity index (χ4n) is 3.76. The molecule has 1 amide bonds. The zero-order chi connectivity index (χ0) is 19.5. The number of rotatable bonds is 7. The molecule has 10 heteroatoms.